The van der Waals surface area contributed by atoms with Crippen molar-refractivity contribution in [3.05, 3.63) is 46.0 Å². The molecule has 2 N–H and O–H groups in total. The molecular weight excluding hydrogens is 419 g/mol. The first kappa shape index (κ1) is 16.9. The number of hydrogen-bond donors (Lipinski definition) is 2. The van der Waals surface area contributed by atoms with Gasteiger partial charge in [-0.3, -0.25) is 4.79 Å². The summed E-state index contributed by atoms with van der Waals surface area (Å²) in [7, 11) is 0. The van der Waals surface area contributed by atoms with Gasteiger partial charge in [0.15, 0.2) is 11.5 Å². The van der Waals surface area contributed by atoms with Crippen LogP contribution in [0.4, 0.5) is 11.4 Å². The number of carbonyl (C=O) groups is 1. The summed E-state index contributed by atoms with van der Waals surface area (Å²) in [5.74, 6) is 1.28. The smallest absolute Gasteiger partial charge is 0.246 e. The van der Waals surface area contributed by atoms with Crippen LogP contribution in [0.5, 0.6) is 11.5 Å². The molecule has 0 bridgehead atoms. The maximum absolute atomic E-state index is 12.4. The SMILES string of the molecule is CC(Nc1cccc(I)c1)C(=O)Nc1ccc2c(c1)OCCCO2. The molecule has 0 saturated carbocycles. The van der Waals surface area contributed by atoms with E-state index in [4.69, 9.17) is 9.47 Å². The van der Waals surface area contributed by atoms with Crippen molar-refractivity contribution in [3.8, 4) is 11.5 Å². The lowest BCUT2D eigenvalue weighted by molar-refractivity contribution is -0.116. The molecule has 1 amide bonds. The van der Waals surface area contributed by atoms with E-state index in [-0.39, 0.29) is 11.9 Å². The number of benzene rings is 2. The Labute approximate surface area is 154 Å². The quantitative estimate of drug-likeness (QED) is 0.712. The van der Waals surface area contributed by atoms with Crippen molar-refractivity contribution in [1.82, 2.24) is 0 Å². The van der Waals surface area contributed by atoms with E-state index in [1.54, 1.807) is 6.07 Å². The Morgan fingerprint density at radius 1 is 1.08 bits per heavy atom. The third-order valence-corrected chi connectivity index (χ3v) is 4.29. The molecule has 0 aromatic heterocycles. The highest BCUT2D eigenvalue weighted by atomic mass is 127. The van der Waals surface area contributed by atoms with Crippen molar-refractivity contribution >= 4 is 39.9 Å². The molecule has 2 aromatic rings. The van der Waals surface area contributed by atoms with Crippen LogP contribution in [0.2, 0.25) is 0 Å². The van der Waals surface area contributed by atoms with Gasteiger partial charge in [-0.05, 0) is 59.8 Å². The number of halogens is 1. The van der Waals surface area contributed by atoms with Crippen LogP contribution in [0.25, 0.3) is 0 Å². The molecule has 1 atom stereocenters. The monoisotopic (exact) mass is 438 g/mol. The van der Waals surface area contributed by atoms with Gasteiger partial charge in [-0.15, -0.1) is 0 Å². The van der Waals surface area contributed by atoms with Crippen LogP contribution in [-0.2, 0) is 4.79 Å². The van der Waals surface area contributed by atoms with Crippen molar-refractivity contribution in [3.63, 3.8) is 0 Å². The van der Waals surface area contributed by atoms with Crippen molar-refractivity contribution in [2.24, 2.45) is 0 Å². The predicted molar refractivity (Wildman–Crippen MR) is 103 cm³/mol. The lowest BCUT2D eigenvalue weighted by atomic mass is 10.2. The summed E-state index contributed by atoms with van der Waals surface area (Å²) in [5.41, 5.74) is 1.61. The van der Waals surface area contributed by atoms with Crippen LogP contribution in [0.15, 0.2) is 42.5 Å². The van der Waals surface area contributed by atoms with Gasteiger partial charge >= 0.3 is 0 Å². The van der Waals surface area contributed by atoms with E-state index in [0.29, 0.717) is 24.7 Å². The summed E-state index contributed by atoms with van der Waals surface area (Å²) in [5, 5.41) is 6.11. The van der Waals surface area contributed by atoms with Crippen LogP contribution in [-0.4, -0.2) is 25.2 Å². The van der Waals surface area contributed by atoms with Crippen molar-refractivity contribution in [2.75, 3.05) is 23.8 Å². The van der Waals surface area contributed by atoms with E-state index in [0.717, 1.165) is 21.4 Å². The standard InChI is InChI=1S/C18H19IN2O3/c1-12(20-14-5-2-4-13(19)10-14)18(22)21-15-6-7-16-17(11-15)24-9-3-8-23-16/h2,4-7,10-12,20H,3,8-9H2,1H3,(H,21,22). The maximum Gasteiger partial charge on any atom is 0.246 e. The average Bonchev–Trinajstić information content (AvgIpc) is 2.79. The Morgan fingerprint density at radius 3 is 2.67 bits per heavy atom. The molecule has 2 aromatic carbocycles. The molecule has 0 saturated heterocycles. The van der Waals surface area contributed by atoms with Crippen molar-refractivity contribution in [2.45, 2.75) is 19.4 Å². The zero-order chi connectivity index (χ0) is 16.9. The summed E-state index contributed by atoms with van der Waals surface area (Å²) in [6.07, 6.45) is 0.854. The van der Waals surface area contributed by atoms with Gasteiger partial charge in [0.05, 0.1) is 13.2 Å². The molecule has 1 aliphatic heterocycles. The Hall–Kier alpha value is -1.96. The molecule has 0 aliphatic carbocycles. The average molecular weight is 438 g/mol. The minimum Gasteiger partial charge on any atom is -0.490 e. The number of anilines is 2. The van der Waals surface area contributed by atoms with Crippen molar-refractivity contribution < 1.29 is 14.3 Å². The zero-order valence-corrected chi connectivity index (χ0v) is 15.5. The van der Waals surface area contributed by atoms with Gasteiger partial charge in [-0.25, -0.2) is 0 Å². The van der Waals surface area contributed by atoms with Crippen LogP contribution in [0, 0.1) is 3.57 Å². The molecular formula is C18H19IN2O3. The summed E-state index contributed by atoms with van der Waals surface area (Å²) in [4.78, 5) is 12.4. The minimum atomic E-state index is -0.362. The first-order valence-electron chi connectivity index (χ1n) is 7.84. The number of nitrogens with one attached hydrogen (secondary N) is 2. The predicted octanol–water partition coefficient (Wildman–Crippen LogP) is 3.89. The molecule has 24 heavy (non-hydrogen) atoms. The van der Waals surface area contributed by atoms with Gasteiger partial charge in [0.2, 0.25) is 5.91 Å². The molecule has 6 heteroatoms. The second kappa shape index (κ2) is 7.74. The maximum atomic E-state index is 12.4. The number of carbonyl (C=O) groups excluding carboxylic acids is 1. The summed E-state index contributed by atoms with van der Waals surface area (Å²) in [6.45, 7) is 3.10. The first-order valence-corrected chi connectivity index (χ1v) is 8.92. The molecule has 1 aliphatic rings. The number of amides is 1. The second-order valence-electron chi connectivity index (χ2n) is 5.58. The molecule has 0 fully saturated rings. The fourth-order valence-electron chi connectivity index (χ4n) is 2.39. The highest BCUT2D eigenvalue weighted by Crippen LogP contribution is 2.32. The number of hydrogen-bond acceptors (Lipinski definition) is 4. The van der Waals surface area contributed by atoms with Gasteiger partial charge in [0.1, 0.15) is 6.04 Å². The fourth-order valence-corrected chi connectivity index (χ4v) is 2.93. The van der Waals surface area contributed by atoms with E-state index in [1.807, 2.05) is 43.3 Å². The Kier molecular flexibility index (Phi) is 5.44. The van der Waals surface area contributed by atoms with Crippen LogP contribution >= 0.6 is 22.6 Å². The molecule has 3 rings (SSSR count). The molecule has 0 radical (unpaired) electrons. The number of ether oxygens (including phenoxy) is 2. The van der Waals surface area contributed by atoms with Gasteiger partial charge in [-0.1, -0.05) is 6.07 Å². The lowest BCUT2D eigenvalue weighted by Gasteiger charge is -2.16. The first-order chi connectivity index (χ1) is 11.6. The zero-order valence-electron chi connectivity index (χ0n) is 13.3. The van der Waals surface area contributed by atoms with E-state index >= 15 is 0 Å². The van der Waals surface area contributed by atoms with Gasteiger partial charge in [0.25, 0.3) is 0 Å². The van der Waals surface area contributed by atoms with Gasteiger partial charge in [0, 0.05) is 27.4 Å². The highest BCUT2D eigenvalue weighted by Gasteiger charge is 2.15. The third kappa shape index (κ3) is 4.31. The Bertz CT molecular complexity index is 736. The van der Waals surface area contributed by atoms with Crippen molar-refractivity contribution in [1.29, 1.82) is 0 Å². The molecule has 1 unspecified atom stereocenters. The topological polar surface area (TPSA) is 59.6 Å². The molecule has 5 nitrogen and oxygen atoms in total. The van der Waals surface area contributed by atoms with E-state index in [2.05, 4.69) is 33.2 Å². The Morgan fingerprint density at radius 2 is 1.88 bits per heavy atom. The largest absolute Gasteiger partial charge is 0.490 e. The van der Waals surface area contributed by atoms with Gasteiger partial charge in [-0.2, -0.15) is 0 Å². The molecule has 0 spiro atoms. The second-order valence-corrected chi connectivity index (χ2v) is 6.82. The summed E-state index contributed by atoms with van der Waals surface area (Å²) >= 11 is 2.24. The van der Waals surface area contributed by atoms with E-state index in [1.165, 1.54) is 0 Å². The van der Waals surface area contributed by atoms with Crippen LogP contribution in [0.3, 0.4) is 0 Å². The molecule has 126 valence electrons. The number of rotatable bonds is 4. The highest BCUT2D eigenvalue weighted by molar-refractivity contribution is 14.1. The number of fused-ring (bicyclic) bond motifs is 1. The molecule has 1 heterocycles. The summed E-state index contributed by atoms with van der Waals surface area (Å²) < 4.78 is 12.4. The van der Waals surface area contributed by atoms with Crippen LogP contribution in [0.1, 0.15) is 13.3 Å². The normalized spacial score (nSPS) is 14.4. The lowest BCUT2D eigenvalue weighted by Crippen LogP contribution is -2.31. The van der Waals surface area contributed by atoms with Gasteiger partial charge < -0.3 is 20.1 Å². The minimum absolute atomic E-state index is 0.108. The fraction of sp³-hybridized carbons (Fsp3) is 0.278. The van der Waals surface area contributed by atoms with E-state index < -0.39 is 0 Å². The Balaban J connectivity index is 1.64. The summed E-state index contributed by atoms with van der Waals surface area (Å²) in [6, 6.07) is 13.0. The third-order valence-electron chi connectivity index (χ3n) is 3.62. The van der Waals surface area contributed by atoms with Crippen LogP contribution < -0.4 is 20.1 Å². The van der Waals surface area contributed by atoms with E-state index in [9.17, 15) is 4.79 Å².